The van der Waals surface area contributed by atoms with Crippen LogP contribution in [0, 0.1) is 6.92 Å². The molecule has 0 atom stereocenters. The van der Waals surface area contributed by atoms with E-state index in [-0.39, 0.29) is 12.5 Å². The number of hydrogen-bond donors (Lipinski definition) is 1. The van der Waals surface area contributed by atoms with Crippen LogP contribution in [0.5, 0.6) is 5.75 Å². The van der Waals surface area contributed by atoms with Crippen molar-refractivity contribution >= 4 is 46.5 Å². The number of benzene rings is 2. The van der Waals surface area contributed by atoms with E-state index < -0.39 is 0 Å². The molecule has 1 fully saturated rings. The van der Waals surface area contributed by atoms with E-state index in [0.29, 0.717) is 10.3 Å². The summed E-state index contributed by atoms with van der Waals surface area (Å²) < 4.78 is 6.16. The van der Waals surface area contributed by atoms with Crippen LogP contribution in [-0.4, -0.2) is 29.0 Å². The van der Waals surface area contributed by atoms with E-state index in [2.05, 4.69) is 22.4 Å². The van der Waals surface area contributed by atoms with Gasteiger partial charge in [-0.1, -0.05) is 24.3 Å². The van der Waals surface area contributed by atoms with Crippen LogP contribution in [0.2, 0.25) is 0 Å². The average molecular weight is 443 g/mol. The highest BCUT2D eigenvalue weighted by Gasteiger charge is 2.16. The highest BCUT2D eigenvalue weighted by Crippen LogP contribution is 2.43. The Hall–Kier alpha value is -1.96. The van der Waals surface area contributed by atoms with Crippen molar-refractivity contribution in [3.63, 3.8) is 0 Å². The molecule has 1 aliphatic rings. The number of nitrogens with one attached hydrogen (secondary N) is 1. The van der Waals surface area contributed by atoms with E-state index in [1.165, 1.54) is 23.5 Å². The Morgan fingerprint density at radius 2 is 1.83 bits per heavy atom. The minimum Gasteiger partial charge on any atom is -0.484 e. The summed E-state index contributed by atoms with van der Waals surface area (Å²) in [6.45, 7) is 1.98. The fraction of sp³-hybridized carbons (Fsp3) is 0.273. The van der Waals surface area contributed by atoms with Crippen LogP contribution in [0.25, 0.3) is 11.3 Å². The number of rotatable bonds is 6. The lowest BCUT2D eigenvalue weighted by Crippen LogP contribution is -2.20. The molecule has 2 heterocycles. The smallest absolute Gasteiger partial charge is 0.262 e. The number of nitrogens with zero attached hydrogens (tertiary/aromatic N) is 1. The van der Waals surface area contributed by atoms with Gasteiger partial charge in [0.2, 0.25) is 0 Å². The topological polar surface area (TPSA) is 51.2 Å². The van der Waals surface area contributed by atoms with Crippen molar-refractivity contribution in [2.45, 2.75) is 17.9 Å². The summed E-state index contributed by atoms with van der Waals surface area (Å²) in [4.78, 5) is 16.7. The number of hydrogen-bond acceptors (Lipinski definition) is 6. The average Bonchev–Trinajstić information content (AvgIpc) is 3.20. The SMILES string of the molecule is Cc1nc(-c2ccc(NC(=O)COc3ccc(C4SCCCS4)cc3)cc2)cs1. The summed E-state index contributed by atoms with van der Waals surface area (Å²) in [7, 11) is 0. The predicted octanol–water partition coefficient (Wildman–Crippen LogP) is 6.00. The Balaban J connectivity index is 1.27. The van der Waals surface area contributed by atoms with Gasteiger partial charge in [-0.2, -0.15) is 0 Å². The molecule has 4 rings (SSSR count). The Bertz CT molecular complexity index is 949. The maximum absolute atomic E-state index is 12.2. The molecule has 1 aliphatic heterocycles. The molecular weight excluding hydrogens is 420 g/mol. The Labute approximate surface area is 183 Å². The molecule has 0 spiro atoms. The fourth-order valence-electron chi connectivity index (χ4n) is 2.97. The first kappa shape index (κ1) is 20.3. The van der Waals surface area contributed by atoms with Gasteiger partial charge in [-0.25, -0.2) is 4.98 Å². The third-order valence-electron chi connectivity index (χ3n) is 4.43. The first-order valence-corrected chi connectivity index (χ1v) is 12.4. The molecule has 0 radical (unpaired) electrons. The molecule has 4 nitrogen and oxygen atoms in total. The van der Waals surface area contributed by atoms with Crippen molar-refractivity contribution in [1.82, 2.24) is 4.98 Å². The number of thioether (sulfide) groups is 2. The van der Waals surface area contributed by atoms with Crippen LogP contribution < -0.4 is 10.1 Å². The zero-order chi connectivity index (χ0) is 20.1. The van der Waals surface area contributed by atoms with Crippen molar-refractivity contribution in [3.05, 3.63) is 64.5 Å². The highest BCUT2D eigenvalue weighted by molar-refractivity contribution is 8.16. The molecule has 0 unspecified atom stereocenters. The fourth-order valence-corrected chi connectivity index (χ4v) is 6.48. The van der Waals surface area contributed by atoms with E-state index in [9.17, 15) is 4.79 Å². The molecule has 0 aliphatic carbocycles. The lowest BCUT2D eigenvalue weighted by atomic mass is 10.1. The van der Waals surface area contributed by atoms with Crippen LogP contribution in [0.4, 0.5) is 5.69 Å². The van der Waals surface area contributed by atoms with Gasteiger partial charge in [0.05, 0.1) is 15.3 Å². The maximum Gasteiger partial charge on any atom is 0.262 e. The van der Waals surface area contributed by atoms with Crippen molar-refractivity contribution < 1.29 is 9.53 Å². The molecule has 1 saturated heterocycles. The molecule has 29 heavy (non-hydrogen) atoms. The first-order valence-electron chi connectivity index (χ1n) is 9.46. The number of carbonyl (C=O) groups is 1. The molecule has 2 aromatic carbocycles. The first-order chi connectivity index (χ1) is 14.2. The van der Waals surface area contributed by atoms with E-state index in [0.717, 1.165) is 22.0 Å². The molecule has 1 amide bonds. The summed E-state index contributed by atoms with van der Waals surface area (Å²) in [5, 5.41) is 5.95. The Morgan fingerprint density at radius 3 is 2.48 bits per heavy atom. The Morgan fingerprint density at radius 1 is 1.10 bits per heavy atom. The predicted molar refractivity (Wildman–Crippen MR) is 125 cm³/mol. The van der Waals surface area contributed by atoms with Crippen LogP contribution in [0.15, 0.2) is 53.9 Å². The van der Waals surface area contributed by atoms with Gasteiger partial charge >= 0.3 is 0 Å². The standard InChI is InChI=1S/C22H22N2O2S3/c1-15-23-20(14-29-15)16-3-7-18(8-4-16)24-21(25)13-26-19-9-5-17(6-10-19)22-27-11-2-12-28-22/h3-10,14,22H,2,11-13H2,1H3,(H,24,25). The molecular formula is C22H22N2O2S3. The lowest BCUT2D eigenvalue weighted by molar-refractivity contribution is -0.118. The Kier molecular flexibility index (Phi) is 6.79. The monoisotopic (exact) mass is 442 g/mol. The second kappa shape index (κ2) is 9.69. The van der Waals surface area contributed by atoms with Gasteiger partial charge in [0.15, 0.2) is 6.61 Å². The number of anilines is 1. The maximum atomic E-state index is 12.2. The van der Waals surface area contributed by atoms with Crippen LogP contribution in [0.3, 0.4) is 0 Å². The molecule has 0 bridgehead atoms. The zero-order valence-electron chi connectivity index (χ0n) is 16.1. The van der Waals surface area contributed by atoms with Gasteiger partial charge in [0.25, 0.3) is 5.91 Å². The molecule has 1 N–H and O–H groups in total. The normalized spacial score (nSPS) is 14.5. The zero-order valence-corrected chi connectivity index (χ0v) is 18.5. The molecule has 1 aromatic heterocycles. The van der Waals surface area contributed by atoms with Gasteiger partial charge in [0, 0.05) is 16.6 Å². The minimum absolute atomic E-state index is 0.0146. The van der Waals surface area contributed by atoms with Crippen molar-refractivity contribution in [3.8, 4) is 17.0 Å². The molecule has 7 heteroatoms. The van der Waals surface area contributed by atoms with E-state index >= 15 is 0 Å². The summed E-state index contributed by atoms with van der Waals surface area (Å²) in [6, 6.07) is 15.8. The largest absolute Gasteiger partial charge is 0.484 e. The summed E-state index contributed by atoms with van der Waals surface area (Å²) in [6.07, 6.45) is 1.29. The number of amides is 1. The molecule has 0 saturated carbocycles. The number of ether oxygens (including phenoxy) is 1. The third kappa shape index (κ3) is 5.56. The van der Waals surface area contributed by atoms with Crippen LogP contribution >= 0.6 is 34.9 Å². The number of thiazole rings is 1. The van der Waals surface area contributed by atoms with Crippen LogP contribution in [-0.2, 0) is 4.79 Å². The highest BCUT2D eigenvalue weighted by atomic mass is 32.2. The van der Waals surface area contributed by atoms with Gasteiger partial charge in [0.1, 0.15) is 5.75 Å². The second-order valence-corrected chi connectivity index (χ2v) is 10.4. The summed E-state index contributed by atoms with van der Waals surface area (Å²) in [5.74, 6) is 2.98. The minimum atomic E-state index is -0.176. The molecule has 150 valence electrons. The van der Waals surface area contributed by atoms with Gasteiger partial charge in [-0.05, 0) is 54.7 Å². The number of aryl methyl sites for hydroxylation is 1. The summed E-state index contributed by atoms with van der Waals surface area (Å²) >= 11 is 5.62. The third-order valence-corrected chi connectivity index (χ3v) is 8.22. The lowest BCUT2D eigenvalue weighted by Gasteiger charge is -2.21. The van der Waals surface area contributed by atoms with E-state index in [1.807, 2.05) is 72.2 Å². The van der Waals surface area contributed by atoms with E-state index in [4.69, 9.17) is 4.74 Å². The van der Waals surface area contributed by atoms with Crippen LogP contribution in [0.1, 0.15) is 21.6 Å². The summed E-state index contributed by atoms with van der Waals surface area (Å²) in [5.41, 5.74) is 4.06. The van der Waals surface area contributed by atoms with E-state index in [1.54, 1.807) is 11.3 Å². The van der Waals surface area contributed by atoms with Crippen molar-refractivity contribution in [2.75, 3.05) is 23.4 Å². The van der Waals surface area contributed by atoms with Crippen molar-refractivity contribution in [1.29, 1.82) is 0 Å². The van der Waals surface area contributed by atoms with Crippen molar-refractivity contribution in [2.24, 2.45) is 0 Å². The second-order valence-electron chi connectivity index (χ2n) is 6.66. The quantitative estimate of drug-likeness (QED) is 0.507. The van der Waals surface area contributed by atoms with Gasteiger partial charge < -0.3 is 10.1 Å². The van der Waals surface area contributed by atoms with Gasteiger partial charge in [-0.3, -0.25) is 4.79 Å². The molecule has 3 aromatic rings. The number of carbonyl (C=O) groups excluding carboxylic acids is 1. The van der Waals surface area contributed by atoms with Gasteiger partial charge in [-0.15, -0.1) is 34.9 Å². The number of aromatic nitrogens is 1.